The highest BCUT2D eigenvalue weighted by molar-refractivity contribution is 5.99. The number of hydrogen-bond donors (Lipinski definition) is 2. The molecule has 190 valence electrons. The molecule has 3 aliphatic rings. The van der Waals surface area contributed by atoms with Crippen LogP contribution in [0.2, 0.25) is 0 Å². The second-order valence-electron chi connectivity index (χ2n) is 10.9. The van der Waals surface area contributed by atoms with Gasteiger partial charge in [-0.15, -0.1) is 0 Å². The number of piperidine rings is 1. The minimum absolute atomic E-state index is 0.0154. The second-order valence-corrected chi connectivity index (χ2v) is 10.9. The van der Waals surface area contributed by atoms with Crippen LogP contribution in [0, 0.1) is 23.7 Å². The number of nitrogens with one attached hydrogen (secondary N) is 1. The van der Waals surface area contributed by atoms with Gasteiger partial charge in [0.2, 0.25) is 5.91 Å². The number of nitriles is 1. The van der Waals surface area contributed by atoms with E-state index in [0.29, 0.717) is 12.1 Å². The number of β-amino-alcohol motifs (C(OH)–C–C–N with tert-alkyl or cyclic N) is 1. The Hall–Kier alpha value is -3.83. The predicted octanol–water partition coefficient (Wildman–Crippen LogP) is 3.60. The second kappa shape index (κ2) is 8.93. The number of hydrogen-bond acceptors (Lipinski definition) is 6. The monoisotopic (exact) mass is 496 g/mol. The maximum absolute atomic E-state index is 12.1. The van der Waals surface area contributed by atoms with E-state index in [2.05, 4.69) is 57.8 Å². The molecule has 3 aliphatic heterocycles. The summed E-state index contributed by atoms with van der Waals surface area (Å²) >= 11 is 0. The van der Waals surface area contributed by atoms with Crippen LogP contribution in [0.5, 0.6) is 0 Å². The number of aliphatic hydroxyl groups is 1. The van der Waals surface area contributed by atoms with Gasteiger partial charge in [0.25, 0.3) is 0 Å². The molecule has 1 atom stereocenters. The van der Waals surface area contributed by atoms with Crippen molar-refractivity contribution in [2.45, 2.75) is 32.3 Å². The van der Waals surface area contributed by atoms with Crippen molar-refractivity contribution in [3.8, 4) is 17.2 Å². The summed E-state index contributed by atoms with van der Waals surface area (Å²) in [7, 11) is 0. The minimum atomic E-state index is -0.353. The standard InChI is InChI=1S/C29H32N6O2/c1-3-27(37)35-17-29(18-35)8-10-34(16-29)26-12-20(33-9-4-5-21(36)15-33)11-22(23(26)13-30)28-19(2)6-7-25-24(28)14-31-32-25/h3,6-7,11-12,14,21,36H,1,4-5,8-10,15-18H2,2H3,(H,31,32). The SMILES string of the molecule is C=CC(=O)N1CC2(CCN(c3cc(N4CCCC(O)C4)cc(-c4c(C)ccc5[nH]ncc45)c3C#N)C2)C1. The molecule has 8 nitrogen and oxygen atoms in total. The van der Waals surface area contributed by atoms with E-state index in [-0.39, 0.29) is 17.4 Å². The maximum Gasteiger partial charge on any atom is 0.245 e. The Morgan fingerprint density at radius 2 is 2.11 bits per heavy atom. The van der Waals surface area contributed by atoms with Gasteiger partial charge in [0.05, 0.1) is 29.1 Å². The van der Waals surface area contributed by atoms with E-state index in [1.807, 2.05) is 17.2 Å². The van der Waals surface area contributed by atoms with Gasteiger partial charge in [0.1, 0.15) is 6.07 Å². The number of carbonyl (C=O) groups is 1. The fraction of sp³-hybridized carbons (Fsp3) is 0.414. The third-order valence-electron chi connectivity index (χ3n) is 8.40. The zero-order valence-electron chi connectivity index (χ0n) is 21.2. The number of aliphatic hydroxyl groups excluding tert-OH is 1. The molecule has 3 saturated heterocycles. The summed E-state index contributed by atoms with van der Waals surface area (Å²) in [6.07, 6.45) is 5.59. The van der Waals surface area contributed by atoms with E-state index >= 15 is 0 Å². The van der Waals surface area contributed by atoms with E-state index < -0.39 is 0 Å². The molecule has 0 bridgehead atoms. The van der Waals surface area contributed by atoms with Crippen LogP contribution in [0.1, 0.15) is 30.4 Å². The number of carbonyl (C=O) groups excluding carboxylic acids is 1. The van der Waals surface area contributed by atoms with Crippen molar-refractivity contribution in [2.24, 2.45) is 5.41 Å². The van der Waals surface area contributed by atoms with Crippen molar-refractivity contribution in [3.63, 3.8) is 0 Å². The smallest absolute Gasteiger partial charge is 0.245 e. The van der Waals surface area contributed by atoms with Gasteiger partial charge < -0.3 is 19.8 Å². The van der Waals surface area contributed by atoms with Crippen LogP contribution in [0.3, 0.4) is 0 Å². The van der Waals surface area contributed by atoms with Crippen molar-refractivity contribution in [1.82, 2.24) is 15.1 Å². The summed E-state index contributed by atoms with van der Waals surface area (Å²) < 4.78 is 0. The molecule has 3 fully saturated rings. The van der Waals surface area contributed by atoms with Crippen LogP contribution in [0.15, 0.2) is 43.1 Å². The molecular weight excluding hydrogens is 464 g/mol. The van der Waals surface area contributed by atoms with E-state index in [1.54, 1.807) is 0 Å². The molecule has 2 N–H and O–H groups in total. The molecule has 3 aromatic rings. The van der Waals surface area contributed by atoms with Crippen LogP contribution in [0.25, 0.3) is 22.0 Å². The molecule has 2 aromatic carbocycles. The zero-order valence-corrected chi connectivity index (χ0v) is 21.2. The molecule has 0 radical (unpaired) electrons. The van der Waals surface area contributed by atoms with Gasteiger partial charge in [0, 0.05) is 61.3 Å². The summed E-state index contributed by atoms with van der Waals surface area (Å²) in [6.45, 7) is 10.3. The molecule has 8 heteroatoms. The quantitative estimate of drug-likeness (QED) is 0.536. The Morgan fingerprint density at radius 1 is 1.27 bits per heavy atom. The average molecular weight is 497 g/mol. The number of fused-ring (bicyclic) bond motifs is 1. The fourth-order valence-electron chi connectivity index (χ4n) is 6.48. The third-order valence-corrected chi connectivity index (χ3v) is 8.40. The maximum atomic E-state index is 12.1. The minimum Gasteiger partial charge on any atom is -0.391 e. The molecular formula is C29H32N6O2. The highest BCUT2D eigenvalue weighted by Gasteiger charge is 2.49. The van der Waals surface area contributed by atoms with E-state index in [4.69, 9.17) is 0 Å². The molecule has 37 heavy (non-hydrogen) atoms. The summed E-state index contributed by atoms with van der Waals surface area (Å²) in [6, 6.07) is 10.9. The Labute approximate surface area is 216 Å². The summed E-state index contributed by atoms with van der Waals surface area (Å²) in [4.78, 5) is 18.5. The molecule has 1 spiro atoms. The van der Waals surface area contributed by atoms with Crippen LogP contribution < -0.4 is 9.80 Å². The van der Waals surface area contributed by atoms with Gasteiger partial charge in [-0.2, -0.15) is 10.4 Å². The summed E-state index contributed by atoms with van der Waals surface area (Å²) in [5, 5.41) is 29.2. The number of H-pyrrole nitrogens is 1. The molecule has 0 aliphatic carbocycles. The number of benzene rings is 2. The highest BCUT2D eigenvalue weighted by Crippen LogP contribution is 2.45. The van der Waals surface area contributed by atoms with Crippen molar-refractivity contribution >= 4 is 28.2 Å². The van der Waals surface area contributed by atoms with Crippen molar-refractivity contribution < 1.29 is 9.90 Å². The molecule has 1 aromatic heterocycles. The van der Waals surface area contributed by atoms with Gasteiger partial charge in [-0.3, -0.25) is 9.89 Å². The van der Waals surface area contributed by atoms with Gasteiger partial charge in [0.15, 0.2) is 0 Å². The fourth-order valence-corrected chi connectivity index (χ4v) is 6.48. The number of rotatable bonds is 4. The Kier molecular flexibility index (Phi) is 5.68. The number of nitrogens with zero attached hydrogens (tertiary/aromatic N) is 5. The van der Waals surface area contributed by atoms with Crippen LogP contribution >= 0.6 is 0 Å². The average Bonchev–Trinajstić information content (AvgIpc) is 3.54. The van der Waals surface area contributed by atoms with Crippen LogP contribution in [0.4, 0.5) is 11.4 Å². The van der Waals surface area contributed by atoms with Crippen molar-refractivity contribution in [3.05, 3.63) is 54.2 Å². The Bertz CT molecular complexity index is 1430. The van der Waals surface area contributed by atoms with Gasteiger partial charge in [-0.05, 0) is 61.6 Å². The van der Waals surface area contributed by atoms with Crippen LogP contribution in [-0.2, 0) is 4.79 Å². The number of aromatic amines is 1. The lowest BCUT2D eigenvalue weighted by molar-refractivity contribution is -0.136. The van der Waals surface area contributed by atoms with Crippen molar-refractivity contribution in [1.29, 1.82) is 5.26 Å². The van der Waals surface area contributed by atoms with Gasteiger partial charge in [-0.1, -0.05) is 12.6 Å². The number of aromatic nitrogens is 2. The molecule has 0 saturated carbocycles. The lowest BCUT2D eigenvalue weighted by atomic mass is 9.79. The topological polar surface area (TPSA) is 99.5 Å². The Balaban J connectivity index is 1.46. The molecule has 1 unspecified atom stereocenters. The summed E-state index contributed by atoms with van der Waals surface area (Å²) in [5.74, 6) is -0.0154. The Morgan fingerprint density at radius 3 is 2.86 bits per heavy atom. The van der Waals surface area contributed by atoms with E-state index in [9.17, 15) is 15.2 Å². The van der Waals surface area contributed by atoms with E-state index in [1.165, 1.54) is 6.08 Å². The van der Waals surface area contributed by atoms with Gasteiger partial charge in [-0.25, -0.2) is 0 Å². The lowest BCUT2D eigenvalue weighted by Gasteiger charge is -2.47. The van der Waals surface area contributed by atoms with Crippen molar-refractivity contribution in [2.75, 3.05) is 49.1 Å². The number of amides is 1. The first-order valence-corrected chi connectivity index (χ1v) is 13.0. The van der Waals surface area contributed by atoms with Gasteiger partial charge >= 0.3 is 0 Å². The normalized spacial score (nSPS) is 20.8. The first kappa shape index (κ1) is 23.6. The highest BCUT2D eigenvalue weighted by atomic mass is 16.3. The number of aryl methyl sites for hydroxylation is 1. The third kappa shape index (κ3) is 3.94. The van der Waals surface area contributed by atoms with E-state index in [0.717, 1.165) is 91.0 Å². The number of likely N-dealkylation sites (tertiary alicyclic amines) is 1. The largest absolute Gasteiger partial charge is 0.391 e. The summed E-state index contributed by atoms with van der Waals surface area (Å²) in [5.41, 5.74) is 6.62. The number of anilines is 2. The first-order valence-electron chi connectivity index (χ1n) is 13.0. The lowest BCUT2D eigenvalue weighted by Crippen LogP contribution is -2.59. The molecule has 4 heterocycles. The zero-order chi connectivity index (χ0) is 25.7. The van der Waals surface area contributed by atoms with Crippen LogP contribution in [-0.4, -0.2) is 71.5 Å². The molecule has 1 amide bonds. The molecule has 6 rings (SSSR count). The first-order chi connectivity index (χ1) is 17.9. The predicted molar refractivity (Wildman–Crippen MR) is 144 cm³/mol.